The fourth-order valence-electron chi connectivity index (χ4n) is 3.39. The molecule has 1 aromatic heterocycles. The van der Waals surface area contributed by atoms with Crippen LogP contribution >= 0.6 is 11.6 Å². The number of rotatable bonds is 6. The zero-order chi connectivity index (χ0) is 22.3. The van der Waals surface area contributed by atoms with Crippen molar-refractivity contribution in [3.63, 3.8) is 0 Å². The molecule has 8 nitrogen and oxygen atoms in total. The largest absolute Gasteiger partial charge is 0.444 e. The number of halogens is 1. The van der Waals surface area contributed by atoms with Crippen molar-refractivity contribution in [1.29, 1.82) is 10.5 Å². The minimum atomic E-state index is -0.497. The number of aromatic nitrogens is 1. The molecule has 162 valence electrons. The first kappa shape index (κ1) is 23.7. The van der Waals surface area contributed by atoms with Crippen LogP contribution in [0.4, 0.5) is 10.6 Å². The van der Waals surface area contributed by atoms with E-state index in [4.69, 9.17) is 16.3 Å². The minimum Gasteiger partial charge on any atom is -0.444 e. The van der Waals surface area contributed by atoms with Gasteiger partial charge in [0, 0.05) is 32.7 Å². The molecule has 1 aromatic rings. The standard InChI is InChI=1S/C21H29ClN6O2/c1-5-15-16(13-23)18(22)26-19(17(15)14-24)28-11-9-27(10-12-28)8-6-7-25-20(29)30-21(2,3)4/h5-12H2,1-4H3,(H,25,29). The Bertz CT molecular complexity index is 845. The van der Waals surface area contributed by atoms with Crippen molar-refractivity contribution in [2.75, 3.05) is 44.2 Å². The third kappa shape index (κ3) is 6.22. The van der Waals surface area contributed by atoms with Crippen molar-refractivity contribution >= 4 is 23.5 Å². The van der Waals surface area contributed by atoms with Gasteiger partial charge in [0.2, 0.25) is 0 Å². The predicted molar refractivity (Wildman–Crippen MR) is 116 cm³/mol. The van der Waals surface area contributed by atoms with Gasteiger partial charge >= 0.3 is 6.09 Å². The first-order valence-electron chi connectivity index (χ1n) is 10.2. The van der Waals surface area contributed by atoms with Gasteiger partial charge in [0.1, 0.15) is 28.7 Å². The van der Waals surface area contributed by atoms with Crippen LogP contribution in [-0.4, -0.2) is 60.8 Å². The van der Waals surface area contributed by atoms with Crippen LogP contribution in [0.15, 0.2) is 0 Å². The Hall–Kier alpha value is -2.55. The summed E-state index contributed by atoms with van der Waals surface area (Å²) in [6, 6.07) is 4.28. The molecule has 0 radical (unpaired) electrons. The van der Waals surface area contributed by atoms with Crippen molar-refractivity contribution in [3.8, 4) is 12.1 Å². The Labute approximate surface area is 183 Å². The molecule has 1 saturated heterocycles. The average molecular weight is 433 g/mol. The van der Waals surface area contributed by atoms with Crippen LogP contribution in [0.1, 0.15) is 50.8 Å². The topological polar surface area (TPSA) is 105 Å². The second-order valence-corrected chi connectivity index (χ2v) is 8.50. The fourth-order valence-corrected chi connectivity index (χ4v) is 3.63. The summed E-state index contributed by atoms with van der Waals surface area (Å²) in [6.07, 6.45) is 0.974. The predicted octanol–water partition coefficient (Wildman–Crippen LogP) is 3.08. The highest BCUT2D eigenvalue weighted by atomic mass is 35.5. The van der Waals surface area contributed by atoms with E-state index in [2.05, 4.69) is 32.2 Å². The highest BCUT2D eigenvalue weighted by Crippen LogP contribution is 2.29. The third-order valence-electron chi connectivity index (χ3n) is 4.81. The van der Waals surface area contributed by atoms with E-state index in [9.17, 15) is 15.3 Å². The van der Waals surface area contributed by atoms with Gasteiger partial charge < -0.3 is 15.0 Å². The SMILES string of the molecule is CCc1c(C#N)c(Cl)nc(N2CCN(CCCNC(=O)OC(C)(C)C)CC2)c1C#N. The fraction of sp³-hybridized carbons (Fsp3) is 0.619. The maximum Gasteiger partial charge on any atom is 0.407 e. The number of carbonyl (C=O) groups is 1. The number of alkyl carbamates (subject to hydrolysis) is 1. The van der Waals surface area contributed by atoms with E-state index < -0.39 is 11.7 Å². The number of anilines is 1. The van der Waals surface area contributed by atoms with E-state index in [1.807, 2.05) is 27.7 Å². The average Bonchev–Trinajstić information content (AvgIpc) is 2.69. The smallest absolute Gasteiger partial charge is 0.407 e. The Morgan fingerprint density at radius 2 is 1.83 bits per heavy atom. The van der Waals surface area contributed by atoms with Crippen molar-refractivity contribution in [2.45, 2.75) is 46.1 Å². The lowest BCUT2D eigenvalue weighted by molar-refractivity contribution is 0.0525. The van der Waals surface area contributed by atoms with Crippen LogP contribution in [0, 0.1) is 22.7 Å². The Balaban J connectivity index is 1.89. The van der Waals surface area contributed by atoms with Gasteiger partial charge in [-0.3, -0.25) is 4.90 Å². The van der Waals surface area contributed by atoms with Gasteiger partial charge in [-0.05, 0) is 45.7 Å². The molecule has 0 saturated carbocycles. The molecule has 0 bridgehead atoms. The van der Waals surface area contributed by atoms with Gasteiger partial charge in [-0.15, -0.1) is 0 Å². The highest BCUT2D eigenvalue weighted by molar-refractivity contribution is 6.30. The Morgan fingerprint density at radius 3 is 2.37 bits per heavy atom. The molecule has 1 amide bonds. The molecule has 0 atom stereocenters. The Kier molecular flexibility index (Phi) is 8.28. The molecule has 9 heteroatoms. The van der Waals surface area contributed by atoms with Gasteiger partial charge in [-0.2, -0.15) is 10.5 Å². The van der Waals surface area contributed by atoms with Crippen LogP contribution in [-0.2, 0) is 11.2 Å². The van der Waals surface area contributed by atoms with Gasteiger partial charge in [0.25, 0.3) is 0 Å². The summed E-state index contributed by atoms with van der Waals surface area (Å²) in [5, 5.41) is 21.9. The first-order valence-corrected chi connectivity index (χ1v) is 10.5. The number of nitriles is 2. The molecule has 1 fully saturated rings. The van der Waals surface area contributed by atoms with Crippen molar-refractivity contribution in [1.82, 2.24) is 15.2 Å². The number of nitrogens with one attached hydrogen (secondary N) is 1. The molecule has 0 aliphatic carbocycles. The van der Waals surface area contributed by atoms with Gasteiger partial charge in [0.15, 0.2) is 0 Å². The van der Waals surface area contributed by atoms with E-state index in [1.165, 1.54) is 0 Å². The summed E-state index contributed by atoms with van der Waals surface area (Å²) in [5.74, 6) is 0.560. The molecular formula is C21H29ClN6O2. The van der Waals surface area contributed by atoms with Crippen LogP contribution in [0.5, 0.6) is 0 Å². The first-order chi connectivity index (χ1) is 14.2. The number of piperazine rings is 1. The van der Waals surface area contributed by atoms with E-state index in [0.717, 1.165) is 26.1 Å². The number of hydrogen-bond donors (Lipinski definition) is 1. The van der Waals surface area contributed by atoms with Crippen LogP contribution < -0.4 is 10.2 Å². The van der Waals surface area contributed by atoms with E-state index >= 15 is 0 Å². The van der Waals surface area contributed by atoms with Gasteiger partial charge in [0.05, 0.1) is 11.1 Å². The molecule has 0 aromatic carbocycles. The molecule has 30 heavy (non-hydrogen) atoms. The number of carbonyl (C=O) groups excluding carboxylic acids is 1. The van der Waals surface area contributed by atoms with Crippen molar-refractivity contribution in [2.24, 2.45) is 0 Å². The van der Waals surface area contributed by atoms with E-state index in [-0.39, 0.29) is 10.7 Å². The lowest BCUT2D eigenvalue weighted by Crippen LogP contribution is -2.47. The van der Waals surface area contributed by atoms with Crippen LogP contribution in [0.2, 0.25) is 5.15 Å². The molecular weight excluding hydrogens is 404 g/mol. The second-order valence-electron chi connectivity index (χ2n) is 8.14. The normalized spacial score (nSPS) is 14.7. The lowest BCUT2D eigenvalue weighted by Gasteiger charge is -2.36. The molecule has 1 N–H and O–H groups in total. The van der Waals surface area contributed by atoms with E-state index in [0.29, 0.717) is 43.0 Å². The number of nitrogens with zero attached hydrogens (tertiary/aromatic N) is 5. The zero-order valence-corrected chi connectivity index (χ0v) is 18.8. The van der Waals surface area contributed by atoms with Crippen molar-refractivity contribution in [3.05, 3.63) is 21.8 Å². The molecule has 1 aliphatic rings. The quantitative estimate of drug-likeness (QED) is 0.543. The minimum absolute atomic E-state index is 0.152. The number of ether oxygens (including phenoxy) is 1. The number of amides is 1. The maximum absolute atomic E-state index is 11.7. The second kappa shape index (κ2) is 10.5. The summed E-state index contributed by atoms with van der Waals surface area (Å²) < 4.78 is 5.23. The monoisotopic (exact) mass is 432 g/mol. The summed E-state index contributed by atoms with van der Waals surface area (Å²) in [5.41, 5.74) is 0.887. The number of pyridine rings is 1. The van der Waals surface area contributed by atoms with Crippen molar-refractivity contribution < 1.29 is 9.53 Å². The Morgan fingerprint density at radius 1 is 1.20 bits per heavy atom. The lowest BCUT2D eigenvalue weighted by atomic mass is 10.0. The zero-order valence-electron chi connectivity index (χ0n) is 18.1. The maximum atomic E-state index is 11.7. The van der Waals surface area contributed by atoms with E-state index in [1.54, 1.807) is 0 Å². The summed E-state index contributed by atoms with van der Waals surface area (Å²) in [4.78, 5) is 20.4. The molecule has 1 aliphatic heterocycles. The molecule has 2 heterocycles. The molecule has 0 spiro atoms. The van der Waals surface area contributed by atoms with Crippen LogP contribution in [0.25, 0.3) is 0 Å². The molecule has 2 rings (SSSR count). The summed E-state index contributed by atoms with van der Waals surface area (Å²) >= 11 is 6.22. The summed E-state index contributed by atoms with van der Waals surface area (Å²) in [7, 11) is 0. The third-order valence-corrected chi connectivity index (χ3v) is 5.08. The van der Waals surface area contributed by atoms with Crippen LogP contribution in [0.3, 0.4) is 0 Å². The summed E-state index contributed by atoms with van der Waals surface area (Å²) in [6.45, 7) is 11.9. The van der Waals surface area contributed by atoms with Gasteiger partial charge in [-0.1, -0.05) is 18.5 Å². The molecule has 0 unspecified atom stereocenters. The highest BCUT2D eigenvalue weighted by Gasteiger charge is 2.25. The van der Waals surface area contributed by atoms with Gasteiger partial charge in [-0.25, -0.2) is 9.78 Å². The number of hydrogen-bond acceptors (Lipinski definition) is 7.